The molecule has 0 saturated carbocycles. The number of hydrogen-bond donors (Lipinski definition) is 0. The highest BCUT2D eigenvalue weighted by atomic mass is 35.5. The summed E-state index contributed by atoms with van der Waals surface area (Å²) in [7, 11) is 1.82. The first-order chi connectivity index (χ1) is 8.34. The fourth-order valence-electron chi connectivity index (χ4n) is 1.52. The minimum absolute atomic E-state index is 0.454. The Kier molecular flexibility index (Phi) is 5.76. The molecule has 0 saturated heterocycles. The van der Waals surface area contributed by atoms with Gasteiger partial charge in [0.1, 0.15) is 0 Å². The van der Waals surface area contributed by atoms with Crippen molar-refractivity contribution in [1.29, 1.82) is 0 Å². The van der Waals surface area contributed by atoms with Gasteiger partial charge in [-0.2, -0.15) is 13.2 Å². The van der Waals surface area contributed by atoms with Crippen molar-refractivity contribution in [3.8, 4) is 0 Å². The van der Waals surface area contributed by atoms with E-state index in [1.54, 1.807) is 6.07 Å². The zero-order valence-corrected chi connectivity index (χ0v) is 11.4. The van der Waals surface area contributed by atoms with Gasteiger partial charge in [-0.05, 0) is 18.7 Å². The van der Waals surface area contributed by atoms with Crippen molar-refractivity contribution in [2.75, 3.05) is 26.0 Å². The Morgan fingerprint density at radius 1 is 1.33 bits per heavy atom. The largest absolute Gasteiger partial charge is 0.416 e. The molecule has 0 N–H and O–H groups in total. The maximum atomic E-state index is 12.5. The lowest BCUT2D eigenvalue weighted by Gasteiger charge is -2.19. The molecule has 0 unspecified atom stereocenters. The van der Waals surface area contributed by atoms with Gasteiger partial charge >= 0.3 is 6.18 Å². The van der Waals surface area contributed by atoms with E-state index in [1.807, 2.05) is 11.9 Å². The van der Waals surface area contributed by atoms with E-state index in [9.17, 15) is 13.2 Å². The molecule has 0 amide bonds. The van der Waals surface area contributed by atoms with E-state index in [-0.39, 0.29) is 0 Å². The summed E-state index contributed by atoms with van der Waals surface area (Å²) >= 11 is 11.7. The highest BCUT2D eigenvalue weighted by Crippen LogP contribution is 2.32. The SMILES string of the molecule is CN(CCCl)C[C@H](Cl)c1cccc(C(F)(F)F)c1. The van der Waals surface area contributed by atoms with Crippen molar-refractivity contribution < 1.29 is 13.2 Å². The van der Waals surface area contributed by atoms with Gasteiger partial charge in [0.2, 0.25) is 0 Å². The Morgan fingerprint density at radius 2 is 2.00 bits per heavy atom. The maximum absolute atomic E-state index is 12.5. The topological polar surface area (TPSA) is 3.24 Å². The molecule has 1 aromatic rings. The van der Waals surface area contributed by atoms with Crippen LogP contribution in [0.5, 0.6) is 0 Å². The molecule has 6 heteroatoms. The number of likely N-dealkylation sites (N-methyl/N-ethyl adjacent to an activating group) is 1. The smallest absolute Gasteiger partial charge is 0.303 e. The molecular weight excluding hydrogens is 286 g/mol. The average Bonchev–Trinajstić information content (AvgIpc) is 2.28. The van der Waals surface area contributed by atoms with E-state index < -0.39 is 17.1 Å². The molecule has 1 aromatic carbocycles. The van der Waals surface area contributed by atoms with Gasteiger partial charge in [0.05, 0.1) is 10.9 Å². The van der Waals surface area contributed by atoms with Crippen LogP contribution in [0.25, 0.3) is 0 Å². The molecule has 1 nitrogen and oxygen atoms in total. The molecule has 0 fully saturated rings. The average molecular weight is 300 g/mol. The lowest BCUT2D eigenvalue weighted by atomic mass is 10.1. The van der Waals surface area contributed by atoms with Gasteiger partial charge in [-0.1, -0.05) is 18.2 Å². The van der Waals surface area contributed by atoms with Gasteiger partial charge in [-0.3, -0.25) is 0 Å². The molecule has 0 aliphatic heterocycles. The first-order valence-electron chi connectivity index (χ1n) is 5.40. The van der Waals surface area contributed by atoms with Crippen LogP contribution < -0.4 is 0 Å². The molecule has 102 valence electrons. The zero-order chi connectivity index (χ0) is 13.8. The molecule has 18 heavy (non-hydrogen) atoms. The van der Waals surface area contributed by atoms with Crippen LogP contribution in [0.4, 0.5) is 13.2 Å². The third kappa shape index (κ3) is 4.67. The number of alkyl halides is 5. The predicted octanol–water partition coefficient (Wildman–Crippen LogP) is 4.16. The minimum Gasteiger partial charge on any atom is -0.303 e. The monoisotopic (exact) mass is 299 g/mol. The number of benzene rings is 1. The second-order valence-electron chi connectivity index (χ2n) is 4.04. The molecule has 0 bridgehead atoms. The normalized spacial score (nSPS) is 13.9. The van der Waals surface area contributed by atoms with Crippen LogP contribution in [0.2, 0.25) is 0 Å². The fraction of sp³-hybridized carbons (Fsp3) is 0.500. The molecular formula is C12H14Cl2F3N. The summed E-state index contributed by atoms with van der Waals surface area (Å²) in [4.78, 5) is 1.88. The first kappa shape index (κ1) is 15.6. The Labute approximate surface area is 114 Å². The van der Waals surface area contributed by atoms with Gasteiger partial charge in [0.15, 0.2) is 0 Å². The summed E-state index contributed by atoms with van der Waals surface area (Å²) in [6.45, 7) is 1.10. The van der Waals surface area contributed by atoms with Crippen LogP contribution >= 0.6 is 23.2 Å². The molecule has 0 aromatic heterocycles. The summed E-state index contributed by atoms with van der Waals surface area (Å²) in [5, 5.41) is -0.486. The van der Waals surface area contributed by atoms with Crippen LogP contribution in [0.15, 0.2) is 24.3 Å². The number of nitrogens with zero attached hydrogens (tertiary/aromatic N) is 1. The van der Waals surface area contributed by atoms with Crippen molar-refractivity contribution in [2.24, 2.45) is 0 Å². The lowest BCUT2D eigenvalue weighted by Crippen LogP contribution is -2.24. The fourth-order valence-corrected chi connectivity index (χ4v) is 2.18. The summed E-state index contributed by atoms with van der Waals surface area (Å²) < 4.78 is 37.6. The van der Waals surface area contributed by atoms with Crippen LogP contribution in [0.1, 0.15) is 16.5 Å². The predicted molar refractivity (Wildman–Crippen MR) is 68.3 cm³/mol. The Balaban J connectivity index is 2.77. The maximum Gasteiger partial charge on any atom is 0.416 e. The Morgan fingerprint density at radius 3 is 2.56 bits per heavy atom. The van der Waals surface area contributed by atoms with Crippen molar-refractivity contribution in [3.05, 3.63) is 35.4 Å². The van der Waals surface area contributed by atoms with Crippen LogP contribution in [-0.4, -0.2) is 30.9 Å². The standard InChI is InChI=1S/C12H14Cl2F3N/c1-18(6-5-13)8-11(14)9-3-2-4-10(7-9)12(15,16)17/h2-4,7,11H,5-6,8H2,1H3/t11-/m0/s1. The summed E-state index contributed by atoms with van der Waals surface area (Å²) in [5.74, 6) is 0.461. The third-order valence-corrected chi connectivity index (χ3v) is 3.07. The molecule has 0 radical (unpaired) electrons. The second-order valence-corrected chi connectivity index (χ2v) is 4.95. The van der Waals surface area contributed by atoms with Gasteiger partial charge < -0.3 is 4.90 Å². The quantitative estimate of drug-likeness (QED) is 0.738. The summed E-state index contributed by atoms with van der Waals surface area (Å²) in [6.07, 6.45) is -4.34. The zero-order valence-electron chi connectivity index (χ0n) is 9.85. The van der Waals surface area contributed by atoms with E-state index in [4.69, 9.17) is 23.2 Å². The Hall–Kier alpha value is -0.450. The third-order valence-electron chi connectivity index (χ3n) is 2.51. The number of rotatable bonds is 5. The molecule has 0 heterocycles. The van der Waals surface area contributed by atoms with Crippen LogP contribution in [-0.2, 0) is 6.18 Å². The molecule has 0 aliphatic carbocycles. The highest BCUT2D eigenvalue weighted by Gasteiger charge is 2.30. The number of halogens is 5. The molecule has 0 aliphatic rings. The van der Waals surface area contributed by atoms with Gasteiger partial charge in [0.25, 0.3) is 0 Å². The minimum atomic E-state index is -4.34. The first-order valence-corrected chi connectivity index (χ1v) is 6.37. The van der Waals surface area contributed by atoms with Crippen molar-refractivity contribution >= 4 is 23.2 Å². The second kappa shape index (κ2) is 6.64. The summed E-state index contributed by atoms with van der Waals surface area (Å²) in [5.41, 5.74) is -0.210. The van der Waals surface area contributed by atoms with E-state index in [0.29, 0.717) is 24.5 Å². The van der Waals surface area contributed by atoms with E-state index in [1.165, 1.54) is 6.07 Å². The molecule has 0 spiro atoms. The summed E-state index contributed by atoms with van der Waals surface area (Å²) in [6, 6.07) is 5.10. The van der Waals surface area contributed by atoms with Crippen LogP contribution in [0, 0.1) is 0 Å². The molecule has 1 atom stereocenters. The van der Waals surface area contributed by atoms with Crippen molar-refractivity contribution in [2.45, 2.75) is 11.6 Å². The highest BCUT2D eigenvalue weighted by molar-refractivity contribution is 6.21. The van der Waals surface area contributed by atoms with E-state index in [2.05, 4.69) is 0 Å². The van der Waals surface area contributed by atoms with Gasteiger partial charge in [-0.25, -0.2) is 0 Å². The van der Waals surface area contributed by atoms with E-state index >= 15 is 0 Å². The van der Waals surface area contributed by atoms with Gasteiger partial charge in [0, 0.05) is 19.0 Å². The molecule has 1 rings (SSSR count). The van der Waals surface area contributed by atoms with Crippen molar-refractivity contribution in [3.63, 3.8) is 0 Å². The van der Waals surface area contributed by atoms with Crippen molar-refractivity contribution in [1.82, 2.24) is 4.90 Å². The Bertz CT molecular complexity index is 382. The van der Waals surface area contributed by atoms with E-state index in [0.717, 1.165) is 12.1 Å². The lowest BCUT2D eigenvalue weighted by molar-refractivity contribution is -0.137. The van der Waals surface area contributed by atoms with Crippen LogP contribution in [0.3, 0.4) is 0 Å². The number of hydrogen-bond acceptors (Lipinski definition) is 1. The van der Waals surface area contributed by atoms with Gasteiger partial charge in [-0.15, -0.1) is 23.2 Å².